The molecular weight excluding hydrogens is 265 g/mol. The molecule has 1 aliphatic heterocycles. The SMILES string of the molecule is CC1CC(=O)Nc2cc(Br)cc(F)c2O1. The number of anilines is 1. The van der Waals surface area contributed by atoms with E-state index in [4.69, 9.17) is 4.74 Å². The Hall–Kier alpha value is -1.10. The lowest BCUT2D eigenvalue weighted by Crippen LogP contribution is -2.17. The summed E-state index contributed by atoms with van der Waals surface area (Å²) in [5, 5.41) is 2.60. The van der Waals surface area contributed by atoms with Crippen molar-refractivity contribution in [2.24, 2.45) is 0 Å². The van der Waals surface area contributed by atoms with Gasteiger partial charge in [0.25, 0.3) is 0 Å². The molecule has 1 amide bonds. The van der Waals surface area contributed by atoms with Crippen LogP contribution in [0.15, 0.2) is 16.6 Å². The topological polar surface area (TPSA) is 38.3 Å². The Morgan fingerprint density at radius 3 is 3.07 bits per heavy atom. The van der Waals surface area contributed by atoms with Gasteiger partial charge in [0.2, 0.25) is 5.91 Å². The molecule has 1 unspecified atom stereocenters. The average molecular weight is 274 g/mol. The first-order valence-electron chi connectivity index (χ1n) is 4.52. The Morgan fingerprint density at radius 2 is 2.33 bits per heavy atom. The number of nitrogens with one attached hydrogen (secondary N) is 1. The fourth-order valence-electron chi connectivity index (χ4n) is 1.48. The molecule has 0 aromatic heterocycles. The fraction of sp³-hybridized carbons (Fsp3) is 0.300. The van der Waals surface area contributed by atoms with Gasteiger partial charge in [0.1, 0.15) is 6.10 Å². The van der Waals surface area contributed by atoms with Crippen molar-refractivity contribution in [3.05, 3.63) is 22.4 Å². The van der Waals surface area contributed by atoms with Crippen LogP contribution >= 0.6 is 15.9 Å². The van der Waals surface area contributed by atoms with E-state index in [0.29, 0.717) is 10.2 Å². The molecule has 1 heterocycles. The Balaban J connectivity index is 2.50. The van der Waals surface area contributed by atoms with Gasteiger partial charge in [-0.1, -0.05) is 15.9 Å². The lowest BCUT2D eigenvalue weighted by molar-refractivity contribution is -0.117. The van der Waals surface area contributed by atoms with E-state index in [1.807, 2.05) is 0 Å². The summed E-state index contributed by atoms with van der Waals surface area (Å²) >= 11 is 3.15. The van der Waals surface area contributed by atoms with Crippen LogP contribution in [0.5, 0.6) is 5.75 Å². The van der Waals surface area contributed by atoms with E-state index in [1.165, 1.54) is 6.07 Å². The average Bonchev–Trinajstić information content (AvgIpc) is 2.22. The molecule has 5 heteroatoms. The molecule has 1 aromatic rings. The number of carbonyl (C=O) groups excluding carboxylic acids is 1. The number of carbonyl (C=O) groups is 1. The molecule has 80 valence electrons. The van der Waals surface area contributed by atoms with Gasteiger partial charge in [-0.2, -0.15) is 0 Å². The quantitative estimate of drug-likeness (QED) is 0.789. The Kier molecular flexibility index (Phi) is 2.65. The van der Waals surface area contributed by atoms with Gasteiger partial charge < -0.3 is 10.1 Å². The molecule has 1 N–H and O–H groups in total. The summed E-state index contributed by atoms with van der Waals surface area (Å²) < 4.78 is 19.4. The Bertz CT molecular complexity index is 422. The van der Waals surface area contributed by atoms with Gasteiger partial charge in [0, 0.05) is 4.47 Å². The van der Waals surface area contributed by atoms with Gasteiger partial charge in [0.05, 0.1) is 12.1 Å². The van der Waals surface area contributed by atoms with Gasteiger partial charge in [-0.25, -0.2) is 4.39 Å². The van der Waals surface area contributed by atoms with E-state index < -0.39 is 5.82 Å². The van der Waals surface area contributed by atoms with Crippen molar-refractivity contribution in [1.29, 1.82) is 0 Å². The van der Waals surface area contributed by atoms with Crippen molar-refractivity contribution >= 4 is 27.5 Å². The zero-order valence-corrected chi connectivity index (χ0v) is 9.60. The highest BCUT2D eigenvalue weighted by Crippen LogP contribution is 2.34. The maximum atomic E-state index is 13.5. The molecule has 0 saturated heterocycles. The minimum Gasteiger partial charge on any atom is -0.485 e. The number of hydrogen-bond donors (Lipinski definition) is 1. The molecule has 0 bridgehead atoms. The Morgan fingerprint density at radius 1 is 1.60 bits per heavy atom. The van der Waals surface area contributed by atoms with Gasteiger partial charge >= 0.3 is 0 Å². The number of benzene rings is 1. The number of ether oxygens (including phenoxy) is 1. The highest BCUT2D eigenvalue weighted by atomic mass is 79.9. The lowest BCUT2D eigenvalue weighted by Gasteiger charge is -2.12. The first-order valence-corrected chi connectivity index (χ1v) is 5.31. The summed E-state index contributed by atoms with van der Waals surface area (Å²) in [5.41, 5.74) is 0.372. The third-order valence-electron chi connectivity index (χ3n) is 2.07. The number of amides is 1. The molecule has 1 aliphatic rings. The van der Waals surface area contributed by atoms with Gasteiger partial charge in [-0.05, 0) is 19.1 Å². The molecule has 0 radical (unpaired) electrons. The summed E-state index contributed by atoms with van der Waals surface area (Å²) in [7, 11) is 0. The third-order valence-corrected chi connectivity index (χ3v) is 2.53. The first-order chi connectivity index (χ1) is 7.06. The monoisotopic (exact) mass is 273 g/mol. The summed E-state index contributed by atoms with van der Waals surface area (Å²) in [6, 6.07) is 2.93. The maximum absolute atomic E-state index is 13.5. The second-order valence-corrected chi connectivity index (χ2v) is 4.36. The lowest BCUT2D eigenvalue weighted by atomic mass is 10.3. The normalized spacial score (nSPS) is 19.9. The van der Waals surface area contributed by atoms with Crippen molar-refractivity contribution in [1.82, 2.24) is 0 Å². The number of fused-ring (bicyclic) bond motifs is 1. The van der Waals surface area contributed by atoms with Crippen LogP contribution in [-0.2, 0) is 4.79 Å². The molecule has 15 heavy (non-hydrogen) atoms. The van der Waals surface area contributed by atoms with Crippen LogP contribution in [0.1, 0.15) is 13.3 Å². The van der Waals surface area contributed by atoms with Crippen LogP contribution in [0.25, 0.3) is 0 Å². The van der Waals surface area contributed by atoms with Crippen molar-refractivity contribution in [3.8, 4) is 5.75 Å². The van der Waals surface area contributed by atoms with Crippen LogP contribution in [-0.4, -0.2) is 12.0 Å². The number of rotatable bonds is 0. The highest BCUT2D eigenvalue weighted by Gasteiger charge is 2.22. The van der Waals surface area contributed by atoms with Crippen LogP contribution in [0.4, 0.5) is 10.1 Å². The van der Waals surface area contributed by atoms with Crippen LogP contribution < -0.4 is 10.1 Å². The minimum absolute atomic E-state index is 0.108. The zero-order chi connectivity index (χ0) is 11.0. The summed E-state index contributed by atoms with van der Waals surface area (Å²) in [6.07, 6.45) is -0.0897. The van der Waals surface area contributed by atoms with E-state index in [9.17, 15) is 9.18 Å². The smallest absolute Gasteiger partial charge is 0.228 e. The van der Waals surface area contributed by atoms with Gasteiger partial charge in [-0.3, -0.25) is 4.79 Å². The van der Waals surface area contributed by atoms with E-state index in [1.54, 1.807) is 13.0 Å². The summed E-state index contributed by atoms with van der Waals surface area (Å²) in [4.78, 5) is 11.3. The van der Waals surface area contributed by atoms with Crippen molar-refractivity contribution < 1.29 is 13.9 Å². The molecule has 0 spiro atoms. The zero-order valence-electron chi connectivity index (χ0n) is 8.01. The predicted molar refractivity (Wildman–Crippen MR) is 57.4 cm³/mol. The highest BCUT2D eigenvalue weighted by molar-refractivity contribution is 9.10. The molecule has 1 atom stereocenters. The fourth-order valence-corrected chi connectivity index (χ4v) is 1.91. The van der Waals surface area contributed by atoms with Crippen molar-refractivity contribution in [2.45, 2.75) is 19.4 Å². The minimum atomic E-state index is -0.478. The first kappa shape index (κ1) is 10.4. The summed E-state index contributed by atoms with van der Waals surface area (Å²) in [6.45, 7) is 1.73. The number of hydrogen-bond acceptors (Lipinski definition) is 2. The van der Waals surface area contributed by atoms with Crippen molar-refractivity contribution in [3.63, 3.8) is 0 Å². The summed E-state index contributed by atoms with van der Waals surface area (Å²) in [5.74, 6) is -0.538. The second-order valence-electron chi connectivity index (χ2n) is 3.45. The molecule has 0 aliphatic carbocycles. The maximum Gasteiger partial charge on any atom is 0.228 e. The molecule has 3 nitrogen and oxygen atoms in total. The standard InChI is InChI=1S/C10H9BrFNO2/c1-5-2-9(14)13-8-4-6(11)3-7(12)10(8)15-5/h3-5H,2H2,1H3,(H,13,14). The molecule has 2 rings (SSSR count). The largest absolute Gasteiger partial charge is 0.485 e. The number of halogens is 2. The van der Waals surface area contributed by atoms with Crippen LogP contribution in [0.3, 0.4) is 0 Å². The van der Waals surface area contributed by atoms with Gasteiger partial charge in [0.15, 0.2) is 11.6 Å². The van der Waals surface area contributed by atoms with E-state index in [-0.39, 0.29) is 24.2 Å². The predicted octanol–water partition coefficient (Wildman–Crippen LogP) is 2.70. The molecule has 1 aromatic carbocycles. The third kappa shape index (κ3) is 2.12. The molecule has 0 saturated carbocycles. The van der Waals surface area contributed by atoms with Gasteiger partial charge in [-0.15, -0.1) is 0 Å². The van der Waals surface area contributed by atoms with E-state index in [2.05, 4.69) is 21.2 Å². The molecule has 0 fully saturated rings. The molecular formula is C10H9BrFNO2. The second kappa shape index (κ2) is 3.81. The Labute approximate surface area is 94.7 Å². The van der Waals surface area contributed by atoms with E-state index >= 15 is 0 Å². The van der Waals surface area contributed by atoms with E-state index in [0.717, 1.165) is 0 Å². The van der Waals surface area contributed by atoms with Crippen molar-refractivity contribution in [2.75, 3.05) is 5.32 Å². The van der Waals surface area contributed by atoms with Crippen LogP contribution in [0.2, 0.25) is 0 Å². The van der Waals surface area contributed by atoms with Crippen LogP contribution in [0, 0.1) is 5.82 Å².